The predicted octanol–water partition coefficient (Wildman–Crippen LogP) is 3.95. The molecular weight excluding hydrogens is 461 g/mol. The molecule has 186 valence electrons. The second kappa shape index (κ2) is 9.24. The Morgan fingerprint density at radius 3 is 2.20 bits per heavy atom. The van der Waals surface area contributed by atoms with E-state index in [-0.39, 0.29) is 11.0 Å². The first-order valence-corrected chi connectivity index (χ1v) is 11.3. The van der Waals surface area contributed by atoms with Crippen LogP contribution in [0.2, 0.25) is 0 Å². The average Bonchev–Trinajstić information content (AvgIpc) is 2.83. The number of methoxy groups -OCH3 is 1. The van der Waals surface area contributed by atoms with Crippen molar-refractivity contribution in [2.24, 2.45) is 0 Å². The number of amides is 1. The Bertz CT molecular complexity index is 1310. The molecule has 0 aliphatic carbocycles. The molecule has 1 aliphatic rings. The number of ether oxygens (including phenoxy) is 1. The van der Waals surface area contributed by atoms with Crippen LogP contribution in [0.5, 0.6) is 5.75 Å². The van der Waals surface area contributed by atoms with E-state index in [1.165, 1.54) is 13.0 Å². The van der Waals surface area contributed by atoms with Gasteiger partial charge in [-0.05, 0) is 68.3 Å². The zero-order valence-corrected chi connectivity index (χ0v) is 20.0. The number of anilines is 1. The van der Waals surface area contributed by atoms with Crippen molar-refractivity contribution in [3.8, 4) is 5.75 Å². The SMILES string of the molecule is COc1ccc(N2CCN(C(=O)[C@@H](C)n3c(=O)c(C(F)(F)F)nc4cc(C)c(C)cc43)CC2)cc1. The molecule has 1 aromatic heterocycles. The number of carbonyl (C=O) groups is 1. The largest absolute Gasteiger partial charge is 0.497 e. The summed E-state index contributed by atoms with van der Waals surface area (Å²) in [5, 5.41) is 0. The second-order valence-corrected chi connectivity index (χ2v) is 8.74. The number of hydrogen-bond donors (Lipinski definition) is 0. The van der Waals surface area contributed by atoms with Gasteiger partial charge in [-0.25, -0.2) is 4.98 Å². The molecule has 0 bridgehead atoms. The summed E-state index contributed by atoms with van der Waals surface area (Å²) < 4.78 is 47.0. The van der Waals surface area contributed by atoms with Crippen molar-refractivity contribution >= 4 is 22.6 Å². The number of alkyl halides is 3. The lowest BCUT2D eigenvalue weighted by Crippen LogP contribution is -2.51. The van der Waals surface area contributed by atoms with Gasteiger partial charge in [0.05, 0.1) is 18.1 Å². The van der Waals surface area contributed by atoms with Crippen LogP contribution in [0.3, 0.4) is 0 Å². The second-order valence-electron chi connectivity index (χ2n) is 8.74. The van der Waals surface area contributed by atoms with Crippen molar-refractivity contribution < 1.29 is 22.7 Å². The minimum Gasteiger partial charge on any atom is -0.497 e. The molecule has 4 rings (SSSR count). The smallest absolute Gasteiger partial charge is 0.438 e. The lowest BCUT2D eigenvalue weighted by molar-refractivity contribution is -0.143. The molecule has 1 aliphatic heterocycles. The Morgan fingerprint density at radius 1 is 1.03 bits per heavy atom. The molecule has 7 nitrogen and oxygen atoms in total. The number of aromatic nitrogens is 2. The maximum absolute atomic E-state index is 13.6. The third kappa shape index (κ3) is 4.69. The molecule has 1 fully saturated rings. The third-order valence-electron chi connectivity index (χ3n) is 6.55. The quantitative estimate of drug-likeness (QED) is 0.557. The standard InChI is InChI=1S/C25H27F3N4O3/c1-15-13-20-21(14-16(15)2)32(24(34)22(29-20)25(26,27)28)17(3)23(33)31-11-9-30(10-12-31)18-5-7-19(35-4)8-6-18/h5-8,13-14,17H,9-12H2,1-4H3/t17-/m1/s1. The zero-order valence-electron chi connectivity index (χ0n) is 20.0. The summed E-state index contributed by atoms with van der Waals surface area (Å²) in [4.78, 5) is 33.6. The van der Waals surface area contributed by atoms with E-state index < -0.39 is 29.4 Å². The molecule has 0 spiro atoms. The van der Waals surface area contributed by atoms with E-state index in [0.29, 0.717) is 26.2 Å². The van der Waals surface area contributed by atoms with E-state index in [1.807, 2.05) is 24.3 Å². The maximum Gasteiger partial charge on any atom is 0.438 e. The zero-order chi connectivity index (χ0) is 25.5. The Balaban J connectivity index is 1.63. The van der Waals surface area contributed by atoms with Crippen LogP contribution in [-0.2, 0) is 11.0 Å². The van der Waals surface area contributed by atoms with E-state index >= 15 is 0 Å². The van der Waals surface area contributed by atoms with Crippen LogP contribution in [0, 0.1) is 13.8 Å². The summed E-state index contributed by atoms with van der Waals surface area (Å²) >= 11 is 0. The van der Waals surface area contributed by atoms with Crippen LogP contribution in [0.25, 0.3) is 11.0 Å². The molecule has 1 amide bonds. The molecule has 2 aromatic carbocycles. The van der Waals surface area contributed by atoms with Crippen molar-refractivity contribution in [3.05, 3.63) is 63.6 Å². The highest BCUT2D eigenvalue weighted by molar-refractivity contribution is 5.84. The van der Waals surface area contributed by atoms with Crippen LogP contribution >= 0.6 is 0 Å². The highest BCUT2D eigenvalue weighted by atomic mass is 19.4. The monoisotopic (exact) mass is 488 g/mol. The van der Waals surface area contributed by atoms with Crippen molar-refractivity contribution in [1.29, 1.82) is 0 Å². The number of piperazine rings is 1. The molecule has 0 unspecified atom stereocenters. The van der Waals surface area contributed by atoms with E-state index in [1.54, 1.807) is 31.9 Å². The predicted molar refractivity (Wildman–Crippen MR) is 127 cm³/mol. The maximum atomic E-state index is 13.6. The number of halogens is 3. The summed E-state index contributed by atoms with van der Waals surface area (Å²) in [6.45, 7) is 6.91. The van der Waals surface area contributed by atoms with E-state index in [0.717, 1.165) is 27.1 Å². The summed E-state index contributed by atoms with van der Waals surface area (Å²) in [7, 11) is 1.60. The first kappa shape index (κ1) is 24.6. The van der Waals surface area contributed by atoms with Crippen molar-refractivity contribution in [1.82, 2.24) is 14.5 Å². The molecule has 10 heteroatoms. The van der Waals surface area contributed by atoms with Crippen LogP contribution < -0.4 is 15.2 Å². The van der Waals surface area contributed by atoms with Gasteiger partial charge in [0, 0.05) is 31.9 Å². The lowest BCUT2D eigenvalue weighted by atomic mass is 10.1. The number of aryl methyl sites for hydroxylation is 2. The van der Waals surface area contributed by atoms with Gasteiger partial charge in [0.25, 0.3) is 5.56 Å². The normalized spacial score (nSPS) is 15.4. The molecule has 1 saturated heterocycles. The highest BCUT2D eigenvalue weighted by Gasteiger charge is 2.39. The van der Waals surface area contributed by atoms with Crippen LogP contribution in [0.1, 0.15) is 29.8 Å². The fourth-order valence-electron chi connectivity index (χ4n) is 4.38. The first-order valence-electron chi connectivity index (χ1n) is 11.3. The molecule has 35 heavy (non-hydrogen) atoms. The lowest BCUT2D eigenvalue weighted by Gasteiger charge is -2.37. The number of fused-ring (bicyclic) bond motifs is 1. The Kier molecular flexibility index (Phi) is 6.48. The Labute approximate surface area is 200 Å². The van der Waals surface area contributed by atoms with Gasteiger partial charge in [0.2, 0.25) is 11.6 Å². The molecule has 2 heterocycles. The molecule has 1 atom stereocenters. The highest BCUT2D eigenvalue weighted by Crippen LogP contribution is 2.29. The number of nitrogens with zero attached hydrogens (tertiary/aromatic N) is 4. The van der Waals surface area contributed by atoms with Crippen LogP contribution in [0.4, 0.5) is 18.9 Å². The number of hydrogen-bond acceptors (Lipinski definition) is 5. The topological polar surface area (TPSA) is 67.7 Å². The minimum atomic E-state index is -4.93. The van der Waals surface area contributed by atoms with Gasteiger partial charge in [0.1, 0.15) is 11.8 Å². The van der Waals surface area contributed by atoms with Gasteiger partial charge in [-0.15, -0.1) is 0 Å². The molecule has 3 aromatic rings. The molecule has 0 radical (unpaired) electrons. The van der Waals surface area contributed by atoms with Crippen molar-refractivity contribution in [2.45, 2.75) is 33.0 Å². The number of carbonyl (C=O) groups excluding carboxylic acids is 1. The number of benzene rings is 2. The Morgan fingerprint density at radius 2 is 1.63 bits per heavy atom. The summed E-state index contributed by atoms with van der Waals surface area (Å²) in [5.41, 5.74) is -0.0594. The summed E-state index contributed by atoms with van der Waals surface area (Å²) in [6, 6.07) is 9.60. The van der Waals surface area contributed by atoms with Crippen LogP contribution in [-0.4, -0.2) is 53.6 Å². The van der Waals surface area contributed by atoms with Gasteiger partial charge >= 0.3 is 6.18 Å². The molecular formula is C25H27F3N4O3. The van der Waals surface area contributed by atoms with E-state index in [4.69, 9.17) is 4.74 Å². The van der Waals surface area contributed by atoms with Gasteiger partial charge in [-0.2, -0.15) is 13.2 Å². The average molecular weight is 489 g/mol. The first-order chi connectivity index (χ1) is 16.5. The number of rotatable bonds is 4. The third-order valence-corrected chi connectivity index (χ3v) is 6.55. The van der Waals surface area contributed by atoms with E-state index in [2.05, 4.69) is 9.88 Å². The van der Waals surface area contributed by atoms with Crippen molar-refractivity contribution in [2.75, 3.05) is 38.2 Å². The van der Waals surface area contributed by atoms with E-state index in [9.17, 15) is 22.8 Å². The molecule has 0 saturated carbocycles. The van der Waals surface area contributed by atoms with Gasteiger partial charge in [-0.3, -0.25) is 14.2 Å². The van der Waals surface area contributed by atoms with Gasteiger partial charge in [0.15, 0.2) is 0 Å². The van der Waals surface area contributed by atoms with Gasteiger partial charge in [-0.1, -0.05) is 0 Å². The fraction of sp³-hybridized carbons (Fsp3) is 0.400. The van der Waals surface area contributed by atoms with Gasteiger partial charge < -0.3 is 14.5 Å². The Hall–Kier alpha value is -3.56. The molecule has 0 N–H and O–H groups in total. The van der Waals surface area contributed by atoms with Crippen LogP contribution in [0.15, 0.2) is 41.2 Å². The minimum absolute atomic E-state index is 0.0315. The fourth-order valence-corrected chi connectivity index (χ4v) is 4.38. The van der Waals surface area contributed by atoms with Crippen molar-refractivity contribution in [3.63, 3.8) is 0 Å². The summed E-state index contributed by atoms with van der Waals surface area (Å²) in [5.74, 6) is 0.343. The summed E-state index contributed by atoms with van der Waals surface area (Å²) in [6.07, 6.45) is -4.93.